The van der Waals surface area contributed by atoms with Crippen molar-refractivity contribution in [2.75, 3.05) is 26.4 Å². The molecule has 2 unspecified atom stereocenters. The number of carbonyl (C=O) groups is 4. The summed E-state index contributed by atoms with van der Waals surface area (Å²) in [5.74, 6) is -3.79. The lowest BCUT2D eigenvalue weighted by Gasteiger charge is -2.25. The largest absolute Gasteiger partial charge is 0.470 e. The molecule has 2 atom stereocenters. The van der Waals surface area contributed by atoms with Gasteiger partial charge in [-0.15, -0.1) is 0 Å². The average molecular weight is 616 g/mol. The molecule has 40 heavy (non-hydrogen) atoms. The second kappa shape index (κ2) is 15.9. The molecular formula is C22H34O16P2. The van der Waals surface area contributed by atoms with Gasteiger partial charge < -0.3 is 38.5 Å². The minimum absolute atomic E-state index is 0.00177. The zero-order valence-electron chi connectivity index (χ0n) is 22.4. The number of hydrogen-bond acceptors (Lipinski definition) is 12. The fourth-order valence-corrected chi connectivity index (χ4v) is 3.52. The summed E-state index contributed by atoms with van der Waals surface area (Å²) in [6.45, 7) is 12.7. The number of esters is 4. The minimum Gasteiger partial charge on any atom is -0.462 e. The van der Waals surface area contributed by atoms with Crippen molar-refractivity contribution in [3.63, 3.8) is 0 Å². The highest BCUT2D eigenvalue weighted by atomic mass is 31.2. The molecule has 228 valence electrons. The van der Waals surface area contributed by atoms with Gasteiger partial charge in [-0.3, -0.25) is 13.8 Å². The maximum atomic E-state index is 12.6. The lowest BCUT2D eigenvalue weighted by atomic mass is 9.86. The smallest absolute Gasteiger partial charge is 0.462 e. The Bertz CT molecular complexity index is 1080. The van der Waals surface area contributed by atoms with Crippen molar-refractivity contribution in [1.29, 1.82) is 0 Å². The lowest BCUT2D eigenvalue weighted by molar-refractivity contribution is -0.159. The van der Waals surface area contributed by atoms with Crippen LogP contribution in [-0.2, 0) is 56.3 Å². The van der Waals surface area contributed by atoms with Gasteiger partial charge in [0.2, 0.25) is 0 Å². The van der Waals surface area contributed by atoms with Gasteiger partial charge in [0, 0.05) is 16.7 Å². The molecule has 0 aromatic rings. The second-order valence-corrected chi connectivity index (χ2v) is 11.4. The van der Waals surface area contributed by atoms with Gasteiger partial charge in [-0.2, -0.15) is 0 Å². The highest BCUT2D eigenvalue weighted by molar-refractivity contribution is 7.46. The Morgan fingerprint density at radius 3 is 1.32 bits per heavy atom. The van der Waals surface area contributed by atoms with Crippen LogP contribution in [0.4, 0.5) is 0 Å². The van der Waals surface area contributed by atoms with Gasteiger partial charge in [0.1, 0.15) is 38.6 Å². The van der Waals surface area contributed by atoms with Crippen molar-refractivity contribution in [1.82, 2.24) is 0 Å². The van der Waals surface area contributed by atoms with Crippen LogP contribution >= 0.6 is 15.6 Å². The van der Waals surface area contributed by atoms with Crippen molar-refractivity contribution in [2.24, 2.45) is 5.41 Å². The Morgan fingerprint density at radius 1 is 0.675 bits per heavy atom. The van der Waals surface area contributed by atoms with E-state index >= 15 is 0 Å². The van der Waals surface area contributed by atoms with E-state index in [1.165, 1.54) is 27.7 Å². The summed E-state index contributed by atoms with van der Waals surface area (Å²) < 4.78 is 50.8. The summed E-state index contributed by atoms with van der Waals surface area (Å²) in [6, 6.07) is 0. The maximum absolute atomic E-state index is 12.6. The monoisotopic (exact) mass is 616 g/mol. The van der Waals surface area contributed by atoms with Gasteiger partial charge in [0.05, 0.1) is 5.41 Å². The molecule has 0 aliphatic carbocycles. The lowest BCUT2D eigenvalue weighted by Crippen LogP contribution is -2.34. The van der Waals surface area contributed by atoms with Crippen molar-refractivity contribution < 1.29 is 75.9 Å². The van der Waals surface area contributed by atoms with E-state index in [1.807, 2.05) is 0 Å². The van der Waals surface area contributed by atoms with Crippen LogP contribution < -0.4 is 0 Å². The normalized spacial score (nSPS) is 13.4. The molecule has 4 N–H and O–H groups in total. The Morgan fingerprint density at radius 2 is 1.00 bits per heavy atom. The van der Waals surface area contributed by atoms with Gasteiger partial charge in [0.15, 0.2) is 0 Å². The zero-order chi connectivity index (χ0) is 31.5. The van der Waals surface area contributed by atoms with Crippen molar-refractivity contribution in [3.05, 3.63) is 36.5 Å². The average Bonchev–Trinajstić information content (AvgIpc) is 2.79. The summed E-state index contributed by atoms with van der Waals surface area (Å²) >= 11 is 0. The highest BCUT2D eigenvalue weighted by Gasteiger charge is 2.34. The minimum atomic E-state index is -5.06. The fourth-order valence-electron chi connectivity index (χ4n) is 2.50. The molecule has 18 heteroatoms. The van der Waals surface area contributed by atoms with Crippen LogP contribution in [-0.4, -0.2) is 82.1 Å². The number of hydrogen-bond donors (Lipinski definition) is 4. The second-order valence-electron chi connectivity index (χ2n) is 9.05. The summed E-state index contributed by atoms with van der Waals surface area (Å²) in [5, 5.41) is 0. The molecule has 0 spiro atoms. The number of carbonyl (C=O) groups excluding carboxylic acids is 4. The van der Waals surface area contributed by atoms with Crippen LogP contribution in [0.3, 0.4) is 0 Å². The van der Waals surface area contributed by atoms with Crippen molar-refractivity contribution in [3.8, 4) is 0 Å². The van der Waals surface area contributed by atoms with E-state index in [1.54, 1.807) is 0 Å². The topological polar surface area (TPSA) is 239 Å². The third-order valence-electron chi connectivity index (χ3n) is 4.37. The Balaban J connectivity index is 5.14. The van der Waals surface area contributed by atoms with Gasteiger partial charge in [-0.1, -0.05) is 19.7 Å². The van der Waals surface area contributed by atoms with Crippen LogP contribution in [0, 0.1) is 5.41 Å². The summed E-state index contributed by atoms with van der Waals surface area (Å²) in [6.07, 6.45) is -3.45. The van der Waals surface area contributed by atoms with E-state index in [2.05, 4.69) is 28.8 Å². The molecular weight excluding hydrogens is 582 g/mol. The first-order valence-corrected chi connectivity index (χ1v) is 14.3. The predicted octanol–water partition coefficient (Wildman–Crippen LogP) is 1.24. The van der Waals surface area contributed by atoms with E-state index in [-0.39, 0.29) is 23.1 Å². The molecule has 0 rings (SSSR count). The van der Waals surface area contributed by atoms with E-state index < -0.39 is 83.6 Å². The Kier molecular flexibility index (Phi) is 14.9. The van der Waals surface area contributed by atoms with Crippen LogP contribution in [0.25, 0.3) is 0 Å². The van der Waals surface area contributed by atoms with Crippen LogP contribution in [0.15, 0.2) is 36.5 Å². The van der Waals surface area contributed by atoms with E-state index in [4.69, 9.17) is 38.5 Å². The molecule has 0 aromatic heterocycles. The third kappa shape index (κ3) is 16.4. The van der Waals surface area contributed by atoms with Gasteiger partial charge in [0.25, 0.3) is 0 Å². The molecule has 0 saturated heterocycles. The molecule has 0 aromatic carbocycles. The molecule has 0 fully saturated rings. The number of phosphoric acid groups is 2. The fraction of sp³-hybridized carbons (Fsp3) is 0.545. The Labute approximate surface area is 230 Å². The zero-order valence-corrected chi connectivity index (χ0v) is 24.2. The summed E-state index contributed by atoms with van der Waals surface area (Å²) in [7, 11) is -10.1. The molecule has 0 bridgehead atoms. The van der Waals surface area contributed by atoms with E-state index in [0.29, 0.717) is 0 Å². The van der Waals surface area contributed by atoms with Crippen LogP contribution in [0.1, 0.15) is 34.1 Å². The van der Waals surface area contributed by atoms with Crippen LogP contribution in [0.2, 0.25) is 0 Å². The van der Waals surface area contributed by atoms with Gasteiger partial charge >= 0.3 is 39.5 Å². The highest BCUT2D eigenvalue weighted by Crippen LogP contribution is 2.38. The Hall–Kier alpha value is -2.68. The SMILES string of the molecule is C=C(C)C(=O)OCC(COC(=O)C(=C)CC(C)(C)C(=O)OCC(COC(=O)C(=C)C)OP(=O)(O)O)OP(=O)(O)O. The van der Waals surface area contributed by atoms with E-state index in [9.17, 15) is 28.3 Å². The maximum Gasteiger partial charge on any atom is 0.470 e. The van der Waals surface area contributed by atoms with Crippen LogP contribution in [0.5, 0.6) is 0 Å². The summed E-state index contributed by atoms with van der Waals surface area (Å²) in [4.78, 5) is 84.2. The van der Waals surface area contributed by atoms with Gasteiger partial charge in [-0.25, -0.2) is 23.5 Å². The molecule has 0 aliphatic heterocycles. The number of ether oxygens (including phenoxy) is 4. The van der Waals surface area contributed by atoms with Gasteiger partial charge in [-0.05, 0) is 34.1 Å². The van der Waals surface area contributed by atoms with Crippen molar-refractivity contribution in [2.45, 2.75) is 46.3 Å². The quantitative estimate of drug-likeness (QED) is 0.0733. The molecule has 0 radical (unpaired) electrons. The third-order valence-corrected chi connectivity index (χ3v) is 5.51. The number of rotatable bonds is 18. The molecule has 0 saturated carbocycles. The molecule has 0 aliphatic rings. The molecule has 0 amide bonds. The predicted molar refractivity (Wildman–Crippen MR) is 135 cm³/mol. The first-order valence-electron chi connectivity index (χ1n) is 11.2. The first-order chi connectivity index (χ1) is 18.0. The van der Waals surface area contributed by atoms with E-state index in [0.717, 1.165) is 0 Å². The summed E-state index contributed by atoms with van der Waals surface area (Å²) in [5.41, 5.74) is -1.71. The first kappa shape index (κ1) is 37.3. The number of phosphoric ester groups is 2. The molecule has 0 heterocycles. The van der Waals surface area contributed by atoms with Crippen molar-refractivity contribution >= 4 is 39.5 Å². The molecule has 16 nitrogen and oxygen atoms in total. The standard InChI is InChI=1S/C22H34O16P2/c1-13(2)18(23)33-9-16(37-39(27,28)29)11-35-20(25)15(5)8-22(6,7)21(26)36-12-17(38-40(30,31)32)10-34-19(24)14(3)4/h16-17H,1,3,5,8-12H2,2,4,6-7H3,(H2,27,28,29)(H2,30,31,32).